The average Bonchev–Trinajstić information content (AvgIpc) is 2.79. The number of para-hydroxylation sites is 1. The zero-order valence-corrected chi connectivity index (χ0v) is 13.5. The molecule has 0 radical (unpaired) electrons. The summed E-state index contributed by atoms with van der Waals surface area (Å²) in [6, 6.07) is 11.4. The van der Waals surface area contributed by atoms with Crippen molar-refractivity contribution in [1.29, 1.82) is 0 Å². The number of nitrogens with zero attached hydrogens (tertiary/aromatic N) is 1. The van der Waals surface area contributed by atoms with E-state index < -0.39 is 0 Å². The quantitative estimate of drug-likeness (QED) is 0.503. The minimum absolute atomic E-state index is 0.831. The molecule has 114 valence electrons. The maximum atomic E-state index is 2.62. The van der Waals surface area contributed by atoms with Crippen LogP contribution < -0.4 is 0 Å². The van der Waals surface area contributed by atoms with Gasteiger partial charge in [-0.15, -0.1) is 0 Å². The second-order valence-corrected chi connectivity index (χ2v) is 6.68. The first kappa shape index (κ1) is 14.7. The molecule has 1 saturated carbocycles. The van der Waals surface area contributed by atoms with E-state index in [2.05, 4.69) is 41.8 Å². The van der Waals surface area contributed by atoms with Crippen LogP contribution in [0.1, 0.15) is 76.3 Å². The van der Waals surface area contributed by atoms with Crippen molar-refractivity contribution < 1.29 is 0 Å². The summed E-state index contributed by atoms with van der Waals surface area (Å²) in [4.78, 5) is 0. The first-order chi connectivity index (χ1) is 10.4. The highest BCUT2D eigenvalue weighted by Gasteiger charge is 2.23. The third-order valence-electron chi connectivity index (χ3n) is 5.10. The molecule has 0 spiro atoms. The van der Waals surface area contributed by atoms with E-state index in [0.29, 0.717) is 0 Å². The molecule has 1 heteroatoms. The van der Waals surface area contributed by atoms with E-state index in [1.807, 2.05) is 0 Å². The summed E-state index contributed by atoms with van der Waals surface area (Å²) in [6.45, 7) is 3.50. The predicted octanol–water partition coefficient (Wildman–Crippen LogP) is 6.27. The fraction of sp³-hybridized carbons (Fsp3) is 0.600. The van der Waals surface area contributed by atoms with E-state index in [9.17, 15) is 0 Å². The van der Waals surface area contributed by atoms with Crippen LogP contribution in [-0.4, -0.2) is 4.57 Å². The molecule has 3 rings (SSSR count). The molecular formula is C20H29N. The van der Waals surface area contributed by atoms with Crippen molar-refractivity contribution >= 4 is 10.9 Å². The van der Waals surface area contributed by atoms with Crippen LogP contribution >= 0.6 is 0 Å². The lowest BCUT2D eigenvalue weighted by molar-refractivity contribution is 0.395. The normalized spacial score (nSPS) is 15.5. The number of benzene rings is 1. The van der Waals surface area contributed by atoms with Crippen LogP contribution in [0.3, 0.4) is 0 Å². The van der Waals surface area contributed by atoms with Gasteiger partial charge in [-0.2, -0.15) is 0 Å². The number of aromatic nitrogens is 1. The molecule has 0 aliphatic heterocycles. The summed E-state index contributed by atoms with van der Waals surface area (Å²) in [5.41, 5.74) is 3.06. The maximum Gasteiger partial charge on any atom is 0.0482 e. The van der Waals surface area contributed by atoms with Crippen molar-refractivity contribution in [1.82, 2.24) is 4.57 Å². The molecule has 0 atom stereocenters. The van der Waals surface area contributed by atoms with Crippen LogP contribution in [-0.2, 0) is 6.54 Å². The summed E-state index contributed by atoms with van der Waals surface area (Å²) in [5, 5.41) is 1.44. The number of hydrogen-bond donors (Lipinski definition) is 0. The lowest BCUT2D eigenvalue weighted by Crippen LogP contribution is -2.14. The van der Waals surface area contributed by atoms with Gasteiger partial charge < -0.3 is 4.57 Å². The van der Waals surface area contributed by atoms with Gasteiger partial charge in [-0.05, 0) is 42.7 Å². The highest BCUT2D eigenvalue weighted by Crippen LogP contribution is 2.39. The van der Waals surface area contributed by atoms with Crippen molar-refractivity contribution in [3.8, 4) is 0 Å². The Hall–Kier alpha value is -1.24. The van der Waals surface area contributed by atoms with Crippen LogP contribution in [0.5, 0.6) is 0 Å². The molecule has 1 aliphatic carbocycles. The third kappa shape index (κ3) is 3.33. The van der Waals surface area contributed by atoms with Gasteiger partial charge in [0.1, 0.15) is 0 Å². The van der Waals surface area contributed by atoms with Crippen molar-refractivity contribution in [2.75, 3.05) is 0 Å². The van der Waals surface area contributed by atoms with Gasteiger partial charge in [0.15, 0.2) is 0 Å². The van der Waals surface area contributed by atoms with Gasteiger partial charge >= 0.3 is 0 Å². The van der Waals surface area contributed by atoms with Crippen LogP contribution in [0.15, 0.2) is 30.3 Å². The molecule has 21 heavy (non-hydrogen) atoms. The molecule has 1 aromatic heterocycles. The molecule has 1 fully saturated rings. The third-order valence-corrected chi connectivity index (χ3v) is 5.10. The lowest BCUT2D eigenvalue weighted by Gasteiger charge is -2.27. The summed E-state index contributed by atoms with van der Waals surface area (Å²) < 4.78 is 2.62. The predicted molar refractivity (Wildman–Crippen MR) is 91.9 cm³/mol. The van der Waals surface area contributed by atoms with Crippen LogP contribution in [0.4, 0.5) is 0 Å². The van der Waals surface area contributed by atoms with E-state index in [-0.39, 0.29) is 0 Å². The second kappa shape index (κ2) is 7.15. The van der Waals surface area contributed by atoms with Crippen LogP contribution in [0, 0.1) is 0 Å². The van der Waals surface area contributed by atoms with Gasteiger partial charge in [-0.3, -0.25) is 0 Å². The molecule has 2 aromatic rings. The fourth-order valence-electron chi connectivity index (χ4n) is 3.57. The van der Waals surface area contributed by atoms with Crippen molar-refractivity contribution in [3.05, 3.63) is 36.0 Å². The van der Waals surface area contributed by atoms with E-state index >= 15 is 0 Å². The van der Waals surface area contributed by atoms with E-state index in [1.165, 1.54) is 75.2 Å². The molecule has 1 aliphatic rings. The first-order valence-corrected chi connectivity index (χ1v) is 8.98. The smallest absolute Gasteiger partial charge is 0.0482 e. The lowest BCUT2D eigenvalue weighted by atomic mass is 9.83. The standard InChI is InChI=1S/C20H29N/c1-2-3-4-5-6-9-15-21-19-14-8-7-11-18(19)16-20(21)17-12-10-13-17/h7-8,11,14,16-17H,2-6,9-10,12-13,15H2,1H3. The van der Waals surface area contributed by atoms with Crippen LogP contribution in [0.2, 0.25) is 0 Å². The Morgan fingerprint density at radius 3 is 2.52 bits per heavy atom. The van der Waals surface area contributed by atoms with Crippen molar-refractivity contribution in [2.24, 2.45) is 0 Å². The largest absolute Gasteiger partial charge is 0.344 e. The summed E-state index contributed by atoms with van der Waals surface area (Å²) in [7, 11) is 0. The monoisotopic (exact) mass is 283 g/mol. The number of hydrogen-bond acceptors (Lipinski definition) is 0. The fourth-order valence-corrected chi connectivity index (χ4v) is 3.57. The summed E-state index contributed by atoms with van der Waals surface area (Å²) >= 11 is 0. The SMILES string of the molecule is CCCCCCCCn1c(C2CCC2)cc2ccccc21. The molecule has 0 bridgehead atoms. The Morgan fingerprint density at radius 1 is 1.00 bits per heavy atom. The zero-order chi connectivity index (χ0) is 14.5. The highest BCUT2D eigenvalue weighted by molar-refractivity contribution is 5.81. The first-order valence-electron chi connectivity index (χ1n) is 8.98. The van der Waals surface area contributed by atoms with Gasteiger partial charge in [0.2, 0.25) is 0 Å². The van der Waals surface area contributed by atoms with E-state index in [4.69, 9.17) is 0 Å². The average molecular weight is 283 g/mol. The molecular weight excluding hydrogens is 254 g/mol. The van der Waals surface area contributed by atoms with Gasteiger partial charge in [0.25, 0.3) is 0 Å². The van der Waals surface area contributed by atoms with Crippen molar-refractivity contribution in [2.45, 2.75) is 77.2 Å². The maximum absolute atomic E-state index is 2.62. The minimum atomic E-state index is 0.831. The van der Waals surface area contributed by atoms with Gasteiger partial charge in [0.05, 0.1) is 0 Å². The molecule has 1 nitrogen and oxygen atoms in total. The molecule has 1 heterocycles. The molecule has 0 unspecified atom stereocenters. The van der Waals surface area contributed by atoms with Gasteiger partial charge in [0, 0.05) is 17.8 Å². The highest BCUT2D eigenvalue weighted by atomic mass is 15.0. The molecule has 0 amide bonds. The number of rotatable bonds is 8. The van der Waals surface area contributed by atoms with E-state index in [0.717, 1.165) is 5.92 Å². The minimum Gasteiger partial charge on any atom is -0.344 e. The summed E-state index contributed by atoms with van der Waals surface area (Å²) in [6.07, 6.45) is 12.5. The van der Waals surface area contributed by atoms with Gasteiger partial charge in [-0.25, -0.2) is 0 Å². The second-order valence-electron chi connectivity index (χ2n) is 6.68. The Kier molecular flexibility index (Phi) is 5.00. The zero-order valence-electron chi connectivity index (χ0n) is 13.5. The Bertz CT molecular complexity index is 562. The number of unbranched alkanes of at least 4 members (excludes halogenated alkanes) is 5. The van der Waals surface area contributed by atoms with Crippen molar-refractivity contribution in [3.63, 3.8) is 0 Å². The molecule has 1 aromatic carbocycles. The number of aryl methyl sites for hydroxylation is 1. The van der Waals surface area contributed by atoms with Crippen LogP contribution in [0.25, 0.3) is 10.9 Å². The summed E-state index contributed by atoms with van der Waals surface area (Å²) in [5.74, 6) is 0.831. The Balaban J connectivity index is 1.67. The Labute approximate surface area is 129 Å². The number of fused-ring (bicyclic) bond motifs is 1. The molecule has 0 saturated heterocycles. The van der Waals surface area contributed by atoms with Gasteiger partial charge in [-0.1, -0.05) is 63.6 Å². The topological polar surface area (TPSA) is 4.93 Å². The molecule has 0 N–H and O–H groups in total. The Morgan fingerprint density at radius 2 is 1.76 bits per heavy atom. The van der Waals surface area contributed by atoms with E-state index in [1.54, 1.807) is 5.69 Å².